The van der Waals surface area contributed by atoms with E-state index in [2.05, 4.69) is 29.2 Å². The first kappa shape index (κ1) is 21.7. The lowest BCUT2D eigenvalue weighted by Gasteiger charge is -2.42. The zero-order chi connectivity index (χ0) is 22.8. The van der Waals surface area contributed by atoms with Crippen molar-refractivity contribution in [3.05, 3.63) is 59.8 Å². The summed E-state index contributed by atoms with van der Waals surface area (Å²) in [6, 6.07) is 6.24. The number of carbonyl (C=O) groups is 1. The molecule has 168 valence electrons. The topological polar surface area (TPSA) is 79.2 Å². The van der Waals surface area contributed by atoms with Crippen molar-refractivity contribution in [3.63, 3.8) is 0 Å². The van der Waals surface area contributed by atoms with Crippen molar-refractivity contribution in [3.8, 4) is 0 Å². The van der Waals surface area contributed by atoms with E-state index >= 15 is 0 Å². The molecule has 9 heteroatoms. The summed E-state index contributed by atoms with van der Waals surface area (Å²) in [4.78, 5) is 25.7. The zero-order valence-corrected chi connectivity index (χ0v) is 18.8. The Labute approximate surface area is 187 Å². The van der Waals surface area contributed by atoms with Gasteiger partial charge in [0.1, 0.15) is 17.5 Å². The minimum Gasteiger partial charge on any atom is -0.350 e. The lowest BCUT2D eigenvalue weighted by atomic mass is 10.1. The number of halogens is 1. The molecule has 2 aromatic heterocycles. The summed E-state index contributed by atoms with van der Waals surface area (Å²) in [5, 5.41) is 7.64. The number of nitrogens with zero attached hydrogens (tertiary/aromatic N) is 6. The van der Waals surface area contributed by atoms with Gasteiger partial charge >= 0.3 is 0 Å². The Morgan fingerprint density at radius 3 is 2.59 bits per heavy atom. The maximum atomic E-state index is 13.1. The largest absolute Gasteiger partial charge is 0.350 e. The second kappa shape index (κ2) is 8.94. The standard InChI is InChI=1S/C23H28FN7O/c1-5-30-20-12-26-23(28-21(20)31(15(2)3)16(4)22(30)32)25-10-18-11-27-29(14-18)13-17-6-8-19(24)9-7-17/h6-9,11-12,14-16H,5,10,13H2,1-4H3,(H,25,26,28)/t16-/m1/s1. The molecule has 0 saturated heterocycles. The second-order valence-corrected chi connectivity index (χ2v) is 8.19. The normalized spacial score (nSPS) is 15.9. The molecule has 1 aliphatic rings. The Morgan fingerprint density at radius 1 is 1.16 bits per heavy atom. The summed E-state index contributed by atoms with van der Waals surface area (Å²) in [5.74, 6) is 1.07. The molecule has 0 spiro atoms. The fourth-order valence-corrected chi connectivity index (χ4v) is 4.04. The lowest BCUT2D eigenvalue weighted by molar-refractivity contribution is -0.119. The molecule has 3 aromatic rings. The molecule has 0 unspecified atom stereocenters. The number of hydrogen-bond donors (Lipinski definition) is 1. The van der Waals surface area contributed by atoms with Crippen molar-refractivity contribution < 1.29 is 9.18 Å². The monoisotopic (exact) mass is 437 g/mol. The van der Waals surface area contributed by atoms with Gasteiger partial charge in [0.15, 0.2) is 5.82 Å². The van der Waals surface area contributed by atoms with E-state index in [0.29, 0.717) is 25.6 Å². The highest BCUT2D eigenvalue weighted by Crippen LogP contribution is 2.35. The Kier molecular flexibility index (Phi) is 6.07. The lowest BCUT2D eigenvalue weighted by Crippen LogP contribution is -2.54. The van der Waals surface area contributed by atoms with Crippen molar-refractivity contribution in [1.29, 1.82) is 0 Å². The highest BCUT2D eigenvalue weighted by atomic mass is 19.1. The zero-order valence-electron chi connectivity index (χ0n) is 18.8. The molecule has 0 bridgehead atoms. The molecule has 3 heterocycles. The fraction of sp³-hybridized carbons (Fsp3) is 0.391. The predicted molar refractivity (Wildman–Crippen MR) is 122 cm³/mol. The van der Waals surface area contributed by atoms with Gasteiger partial charge in [0.05, 0.1) is 18.9 Å². The molecule has 32 heavy (non-hydrogen) atoms. The van der Waals surface area contributed by atoms with Crippen molar-refractivity contribution in [2.24, 2.45) is 0 Å². The van der Waals surface area contributed by atoms with Crippen LogP contribution in [0.1, 0.15) is 38.8 Å². The summed E-state index contributed by atoms with van der Waals surface area (Å²) >= 11 is 0. The molecule has 8 nitrogen and oxygen atoms in total. The highest BCUT2D eigenvalue weighted by Gasteiger charge is 2.37. The van der Waals surface area contributed by atoms with Crippen molar-refractivity contribution in [2.45, 2.75) is 52.9 Å². The molecular weight excluding hydrogens is 409 g/mol. The number of benzene rings is 1. The maximum Gasteiger partial charge on any atom is 0.249 e. The van der Waals surface area contributed by atoms with Crippen LogP contribution < -0.4 is 15.1 Å². The average molecular weight is 438 g/mol. The van der Waals surface area contributed by atoms with Crippen LogP contribution in [-0.4, -0.2) is 44.3 Å². The average Bonchev–Trinajstić information content (AvgIpc) is 3.22. The van der Waals surface area contributed by atoms with Gasteiger partial charge in [-0.1, -0.05) is 12.1 Å². The Balaban J connectivity index is 1.48. The van der Waals surface area contributed by atoms with Crippen molar-refractivity contribution in [2.75, 3.05) is 21.7 Å². The van der Waals surface area contributed by atoms with Crippen molar-refractivity contribution >= 4 is 23.4 Å². The van der Waals surface area contributed by atoms with Gasteiger partial charge in [-0.05, 0) is 45.4 Å². The molecule has 0 saturated carbocycles. The van der Waals surface area contributed by atoms with Crippen LogP contribution in [0.2, 0.25) is 0 Å². The van der Waals surface area contributed by atoms with Crippen LogP contribution in [-0.2, 0) is 17.9 Å². The van der Waals surface area contributed by atoms with E-state index in [1.807, 2.05) is 29.6 Å². The molecule has 1 amide bonds. The first-order valence-electron chi connectivity index (χ1n) is 10.8. The Morgan fingerprint density at radius 2 is 1.91 bits per heavy atom. The van der Waals surface area contributed by atoms with Crippen LogP contribution >= 0.6 is 0 Å². The van der Waals surface area contributed by atoms with Crippen LogP contribution in [0.15, 0.2) is 42.9 Å². The van der Waals surface area contributed by atoms with Crippen molar-refractivity contribution in [1.82, 2.24) is 19.7 Å². The smallest absolute Gasteiger partial charge is 0.249 e. The molecule has 0 aliphatic carbocycles. The minimum absolute atomic E-state index is 0.0616. The first-order chi connectivity index (χ1) is 15.4. The summed E-state index contributed by atoms with van der Waals surface area (Å²) < 4.78 is 14.9. The van der Waals surface area contributed by atoms with Crippen LogP contribution in [0, 0.1) is 5.82 Å². The molecule has 1 aromatic carbocycles. The summed E-state index contributed by atoms with van der Waals surface area (Å²) in [6.07, 6.45) is 5.44. The Hall–Kier alpha value is -3.49. The number of hydrogen-bond acceptors (Lipinski definition) is 6. The van der Waals surface area contributed by atoms with E-state index in [9.17, 15) is 9.18 Å². The van der Waals surface area contributed by atoms with Gasteiger partial charge in [-0.25, -0.2) is 9.37 Å². The number of anilines is 3. The van der Waals surface area contributed by atoms with E-state index < -0.39 is 0 Å². The number of rotatable bonds is 7. The SMILES string of the molecule is CCN1C(=O)[C@@H](C)N(C(C)C)c2nc(NCc3cnn(Cc4ccc(F)cc4)c3)ncc21. The van der Waals surface area contributed by atoms with Gasteiger partial charge in [-0.15, -0.1) is 0 Å². The van der Waals surface area contributed by atoms with E-state index in [1.54, 1.807) is 29.4 Å². The van der Waals surface area contributed by atoms with Crippen LogP contribution in [0.4, 0.5) is 21.8 Å². The van der Waals surface area contributed by atoms with Crippen LogP contribution in [0.5, 0.6) is 0 Å². The third kappa shape index (κ3) is 4.28. The number of nitrogens with one attached hydrogen (secondary N) is 1. The number of aromatic nitrogens is 4. The van der Waals surface area contributed by atoms with Gasteiger partial charge in [0.2, 0.25) is 11.9 Å². The van der Waals surface area contributed by atoms with E-state index in [-0.39, 0.29) is 23.8 Å². The molecule has 1 aliphatic heterocycles. The maximum absolute atomic E-state index is 13.1. The van der Waals surface area contributed by atoms with Gasteiger partial charge in [0.25, 0.3) is 0 Å². The minimum atomic E-state index is -0.283. The highest BCUT2D eigenvalue weighted by molar-refractivity contribution is 6.04. The number of amides is 1. The fourth-order valence-electron chi connectivity index (χ4n) is 4.04. The third-order valence-corrected chi connectivity index (χ3v) is 5.59. The van der Waals surface area contributed by atoms with E-state index in [4.69, 9.17) is 4.98 Å². The number of fused-ring (bicyclic) bond motifs is 1. The predicted octanol–water partition coefficient (Wildman–Crippen LogP) is 3.44. The third-order valence-electron chi connectivity index (χ3n) is 5.59. The summed E-state index contributed by atoms with van der Waals surface area (Å²) in [5.41, 5.74) is 2.69. The summed E-state index contributed by atoms with van der Waals surface area (Å²) in [7, 11) is 0. The van der Waals surface area contributed by atoms with E-state index in [0.717, 1.165) is 22.6 Å². The summed E-state index contributed by atoms with van der Waals surface area (Å²) in [6.45, 7) is 9.63. The van der Waals surface area contributed by atoms with E-state index in [1.165, 1.54) is 12.1 Å². The quantitative estimate of drug-likeness (QED) is 0.610. The molecular formula is C23H28FN7O. The van der Waals surface area contributed by atoms with Gasteiger partial charge in [0, 0.05) is 30.9 Å². The molecule has 0 fully saturated rings. The molecule has 0 radical (unpaired) electrons. The number of carbonyl (C=O) groups excluding carboxylic acids is 1. The molecule has 4 rings (SSSR count). The molecule has 1 atom stereocenters. The van der Waals surface area contributed by atoms with Crippen LogP contribution in [0.3, 0.4) is 0 Å². The van der Waals surface area contributed by atoms with Crippen LogP contribution in [0.25, 0.3) is 0 Å². The van der Waals surface area contributed by atoms with Gasteiger partial charge in [-0.2, -0.15) is 10.1 Å². The van der Waals surface area contributed by atoms with Gasteiger partial charge in [-0.3, -0.25) is 9.48 Å². The second-order valence-electron chi connectivity index (χ2n) is 8.19. The Bertz CT molecular complexity index is 1100. The first-order valence-corrected chi connectivity index (χ1v) is 10.8. The van der Waals surface area contributed by atoms with Gasteiger partial charge < -0.3 is 15.1 Å². The molecule has 1 N–H and O–H groups in total. The number of likely N-dealkylation sites (N-methyl/N-ethyl adjacent to an activating group) is 1.